The van der Waals surface area contributed by atoms with Crippen molar-refractivity contribution in [2.45, 2.75) is 46.0 Å². The predicted molar refractivity (Wildman–Crippen MR) is 90.2 cm³/mol. The lowest BCUT2D eigenvalue weighted by atomic mass is 9.80. The molecule has 0 atom stereocenters. The molecule has 5 heteroatoms. The van der Waals surface area contributed by atoms with Crippen molar-refractivity contribution < 1.29 is 4.79 Å². The molecule has 0 radical (unpaired) electrons. The monoisotopic (exact) mass is 312 g/mol. The largest absolute Gasteiger partial charge is 0.392 e. The molecule has 0 aliphatic rings. The van der Waals surface area contributed by atoms with Crippen LogP contribution in [-0.4, -0.2) is 17.4 Å². The van der Waals surface area contributed by atoms with Crippen LogP contribution in [0.5, 0.6) is 0 Å². The summed E-state index contributed by atoms with van der Waals surface area (Å²) in [6.07, 6.45) is 1.26. The van der Waals surface area contributed by atoms with Crippen LogP contribution in [0.15, 0.2) is 17.5 Å². The summed E-state index contributed by atoms with van der Waals surface area (Å²) in [5, 5.41) is 5.09. The van der Waals surface area contributed by atoms with Gasteiger partial charge in [0.15, 0.2) is 0 Å². The lowest BCUT2D eigenvalue weighted by molar-refractivity contribution is -0.128. The van der Waals surface area contributed by atoms with Crippen molar-refractivity contribution in [3.8, 4) is 0 Å². The fraction of sp³-hybridized carbons (Fsp3) is 0.600. The van der Waals surface area contributed by atoms with E-state index in [1.165, 1.54) is 4.88 Å². The van der Waals surface area contributed by atoms with Gasteiger partial charge in [-0.2, -0.15) is 0 Å². The first kappa shape index (κ1) is 17.1. The molecule has 1 amide bonds. The molecule has 112 valence electrons. The number of hydrogen-bond donors (Lipinski definition) is 2. The van der Waals surface area contributed by atoms with E-state index in [0.717, 1.165) is 0 Å². The Balaban J connectivity index is 2.78. The van der Waals surface area contributed by atoms with Crippen LogP contribution in [-0.2, 0) is 10.2 Å². The topological polar surface area (TPSA) is 55.1 Å². The second-order valence-electron chi connectivity index (χ2n) is 5.70. The highest BCUT2D eigenvalue weighted by Crippen LogP contribution is 2.29. The predicted octanol–water partition coefficient (Wildman–Crippen LogP) is 3.23. The van der Waals surface area contributed by atoms with E-state index >= 15 is 0 Å². The Kier molecular flexibility index (Phi) is 5.71. The summed E-state index contributed by atoms with van der Waals surface area (Å²) >= 11 is 6.82. The van der Waals surface area contributed by atoms with Crippen molar-refractivity contribution in [3.05, 3.63) is 22.4 Å². The molecule has 0 saturated carbocycles. The zero-order chi connectivity index (χ0) is 15.4. The zero-order valence-corrected chi connectivity index (χ0v) is 14.3. The summed E-state index contributed by atoms with van der Waals surface area (Å²) < 4.78 is 0. The quantitative estimate of drug-likeness (QED) is 0.760. The number of amides is 1. The molecule has 1 rings (SSSR count). The summed E-state index contributed by atoms with van der Waals surface area (Å²) in [4.78, 5) is 14.1. The molecule has 0 fully saturated rings. The van der Waals surface area contributed by atoms with Gasteiger partial charge in [-0.25, -0.2) is 0 Å². The molecule has 1 heterocycles. The maximum absolute atomic E-state index is 12.5. The van der Waals surface area contributed by atoms with Crippen molar-refractivity contribution in [1.82, 2.24) is 5.32 Å². The number of nitrogens with one attached hydrogen (secondary N) is 1. The van der Waals surface area contributed by atoms with Gasteiger partial charge in [-0.15, -0.1) is 11.3 Å². The highest BCUT2D eigenvalue weighted by molar-refractivity contribution is 7.80. The van der Waals surface area contributed by atoms with Crippen LogP contribution in [0, 0.1) is 5.41 Å². The second kappa shape index (κ2) is 6.68. The van der Waals surface area contributed by atoms with Crippen molar-refractivity contribution in [2.24, 2.45) is 11.1 Å². The van der Waals surface area contributed by atoms with Crippen LogP contribution in [0.3, 0.4) is 0 Å². The average molecular weight is 313 g/mol. The van der Waals surface area contributed by atoms with Gasteiger partial charge in [0.1, 0.15) is 0 Å². The van der Waals surface area contributed by atoms with Gasteiger partial charge >= 0.3 is 0 Å². The van der Waals surface area contributed by atoms with E-state index in [1.54, 1.807) is 11.3 Å². The molecule has 1 aromatic rings. The fourth-order valence-corrected chi connectivity index (χ4v) is 3.49. The van der Waals surface area contributed by atoms with Gasteiger partial charge in [0.25, 0.3) is 0 Å². The second-order valence-corrected chi connectivity index (χ2v) is 7.08. The number of thiophene rings is 1. The van der Waals surface area contributed by atoms with E-state index < -0.39 is 5.41 Å². The van der Waals surface area contributed by atoms with Crippen LogP contribution in [0.1, 0.15) is 45.4 Å². The standard InChI is InChI=1S/C15H24N2OS2/c1-5-15(6-2,12(16)19)13(18)17-10-14(3,4)11-8-7-9-20-11/h7-9H,5-6,10H2,1-4H3,(H2,16,19)(H,17,18). The van der Waals surface area contributed by atoms with Crippen molar-refractivity contribution >= 4 is 34.5 Å². The molecule has 3 N–H and O–H groups in total. The highest BCUT2D eigenvalue weighted by atomic mass is 32.1. The molecule has 3 nitrogen and oxygen atoms in total. The summed E-state index contributed by atoms with van der Waals surface area (Å²) in [5.41, 5.74) is 4.99. The third kappa shape index (κ3) is 3.38. The van der Waals surface area contributed by atoms with E-state index in [2.05, 4.69) is 30.6 Å². The van der Waals surface area contributed by atoms with E-state index in [9.17, 15) is 4.79 Å². The number of carbonyl (C=O) groups excluding carboxylic acids is 1. The summed E-state index contributed by atoms with van der Waals surface area (Å²) in [5.74, 6) is -0.0559. The first-order valence-corrected chi connectivity index (χ1v) is 8.21. The van der Waals surface area contributed by atoms with E-state index in [0.29, 0.717) is 19.4 Å². The summed E-state index contributed by atoms with van der Waals surface area (Å²) in [7, 11) is 0. The highest BCUT2D eigenvalue weighted by Gasteiger charge is 2.38. The van der Waals surface area contributed by atoms with E-state index in [1.807, 2.05) is 19.9 Å². The lowest BCUT2D eigenvalue weighted by Gasteiger charge is -2.31. The van der Waals surface area contributed by atoms with Crippen LogP contribution >= 0.6 is 23.6 Å². The fourth-order valence-electron chi connectivity index (χ4n) is 2.25. The summed E-state index contributed by atoms with van der Waals surface area (Å²) in [6, 6.07) is 4.12. The third-order valence-electron chi connectivity index (χ3n) is 3.99. The van der Waals surface area contributed by atoms with E-state index in [-0.39, 0.29) is 16.3 Å². The Morgan fingerprint density at radius 2 is 2.00 bits per heavy atom. The maximum atomic E-state index is 12.5. The molecule has 0 unspecified atom stereocenters. The molecule has 0 bridgehead atoms. The number of thiocarbonyl (C=S) groups is 1. The van der Waals surface area contributed by atoms with Gasteiger partial charge in [0.2, 0.25) is 5.91 Å². The molecule has 0 aromatic carbocycles. The van der Waals surface area contributed by atoms with Crippen LogP contribution < -0.4 is 11.1 Å². The Morgan fingerprint density at radius 1 is 1.40 bits per heavy atom. The average Bonchev–Trinajstić information content (AvgIpc) is 2.93. The van der Waals surface area contributed by atoms with Crippen molar-refractivity contribution in [1.29, 1.82) is 0 Å². The lowest BCUT2D eigenvalue weighted by Crippen LogP contribution is -2.50. The smallest absolute Gasteiger partial charge is 0.233 e. The van der Waals surface area contributed by atoms with Crippen LogP contribution in [0.2, 0.25) is 0 Å². The molecule has 20 heavy (non-hydrogen) atoms. The SMILES string of the molecule is CCC(CC)(C(=O)NCC(C)(C)c1cccs1)C(N)=S. The molecule has 1 aromatic heterocycles. The normalized spacial score (nSPS) is 12.2. The van der Waals surface area contributed by atoms with Gasteiger partial charge in [-0.05, 0) is 24.3 Å². The minimum Gasteiger partial charge on any atom is -0.392 e. The van der Waals surface area contributed by atoms with Crippen LogP contribution in [0.4, 0.5) is 0 Å². The Labute approximate surface area is 130 Å². The van der Waals surface area contributed by atoms with Crippen LogP contribution in [0.25, 0.3) is 0 Å². The minimum atomic E-state index is -0.721. The molecular weight excluding hydrogens is 288 g/mol. The minimum absolute atomic E-state index is 0.0559. The van der Waals surface area contributed by atoms with Crippen molar-refractivity contribution in [3.63, 3.8) is 0 Å². The van der Waals surface area contributed by atoms with Gasteiger partial charge < -0.3 is 11.1 Å². The molecule has 0 aliphatic carbocycles. The number of carbonyl (C=O) groups is 1. The Hall–Kier alpha value is -0.940. The Morgan fingerprint density at radius 3 is 2.40 bits per heavy atom. The molecule has 0 aliphatic heterocycles. The number of rotatable bonds is 7. The zero-order valence-electron chi connectivity index (χ0n) is 12.7. The maximum Gasteiger partial charge on any atom is 0.233 e. The molecule has 0 saturated heterocycles. The van der Waals surface area contributed by atoms with Gasteiger partial charge in [-0.1, -0.05) is 46.0 Å². The van der Waals surface area contributed by atoms with Crippen molar-refractivity contribution in [2.75, 3.05) is 6.54 Å². The summed E-state index contributed by atoms with van der Waals surface area (Å²) in [6.45, 7) is 8.73. The molecule has 0 spiro atoms. The Bertz CT molecular complexity index is 462. The van der Waals surface area contributed by atoms with Gasteiger partial charge in [0, 0.05) is 16.8 Å². The number of hydrogen-bond acceptors (Lipinski definition) is 3. The van der Waals surface area contributed by atoms with Gasteiger partial charge in [0.05, 0.1) is 10.4 Å². The first-order chi connectivity index (χ1) is 9.30. The number of nitrogens with two attached hydrogens (primary N) is 1. The van der Waals surface area contributed by atoms with Gasteiger partial charge in [-0.3, -0.25) is 4.79 Å². The third-order valence-corrected chi connectivity index (χ3v) is 5.62. The first-order valence-electron chi connectivity index (χ1n) is 6.92. The molecular formula is C15H24N2OS2. The van der Waals surface area contributed by atoms with E-state index in [4.69, 9.17) is 18.0 Å².